The van der Waals surface area contributed by atoms with Crippen molar-refractivity contribution in [2.75, 3.05) is 0 Å². The van der Waals surface area contributed by atoms with Crippen molar-refractivity contribution in [1.82, 2.24) is 20.0 Å². The highest BCUT2D eigenvalue weighted by Gasteiger charge is 2.23. The van der Waals surface area contributed by atoms with Crippen molar-refractivity contribution in [3.8, 4) is 0 Å². The fraction of sp³-hybridized carbons (Fsp3) is 0.545. The van der Waals surface area contributed by atoms with Gasteiger partial charge in [-0.15, -0.1) is 10.2 Å². The summed E-state index contributed by atoms with van der Waals surface area (Å²) in [5.74, 6) is 0.563. The van der Waals surface area contributed by atoms with E-state index >= 15 is 0 Å². The molecule has 2 rings (SSSR count). The molecule has 0 amide bonds. The van der Waals surface area contributed by atoms with E-state index in [1.807, 2.05) is 19.4 Å². The monoisotopic (exact) mass is 267 g/mol. The lowest BCUT2D eigenvalue weighted by Crippen LogP contribution is -2.25. The zero-order valence-corrected chi connectivity index (χ0v) is 11.5. The molecule has 98 valence electrons. The number of aromatic nitrogens is 4. The van der Waals surface area contributed by atoms with E-state index in [-0.39, 0.29) is 11.3 Å². The Kier molecular flexibility index (Phi) is 4.03. The predicted molar refractivity (Wildman–Crippen MR) is 69.1 cm³/mol. The first-order valence-corrected chi connectivity index (χ1v) is 6.69. The van der Waals surface area contributed by atoms with Gasteiger partial charge in [0.15, 0.2) is 0 Å². The predicted octanol–water partition coefficient (Wildman–Crippen LogP) is 1.68. The maximum atomic E-state index is 6.17. The molecule has 0 saturated heterocycles. The van der Waals surface area contributed by atoms with E-state index in [1.165, 1.54) is 11.8 Å². The van der Waals surface area contributed by atoms with E-state index in [2.05, 4.69) is 22.2 Å². The molecule has 0 bridgehead atoms. The summed E-state index contributed by atoms with van der Waals surface area (Å²) in [6.07, 6.45) is 4.67. The van der Waals surface area contributed by atoms with E-state index in [0.29, 0.717) is 11.1 Å². The highest BCUT2D eigenvalue weighted by Crippen LogP contribution is 2.37. The molecule has 18 heavy (non-hydrogen) atoms. The summed E-state index contributed by atoms with van der Waals surface area (Å²) in [6, 6.07) is 0.0198. The Morgan fingerprint density at radius 1 is 1.50 bits per heavy atom. The van der Waals surface area contributed by atoms with Crippen LogP contribution in [0.1, 0.15) is 30.0 Å². The van der Waals surface area contributed by atoms with Gasteiger partial charge in [-0.25, -0.2) is 0 Å². The van der Waals surface area contributed by atoms with Gasteiger partial charge in [0.05, 0.1) is 11.4 Å². The van der Waals surface area contributed by atoms with Crippen molar-refractivity contribution < 1.29 is 4.42 Å². The first-order chi connectivity index (χ1) is 8.60. The molecule has 2 unspecified atom stereocenters. The van der Waals surface area contributed by atoms with Gasteiger partial charge in [0.25, 0.3) is 5.22 Å². The highest BCUT2D eigenvalue weighted by atomic mass is 32.2. The maximum absolute atomic E-state index is 6.17. The Bertz CT molecular complexity index is 509. The number of nitrogens with two attached hydrogens (primary N) is 1. The zero-order valence-electron chi connectivity index (χ0n) is 10.7. The van der Waals surface area contributed by atoms with Gasteiger partial charge in [0.2, 0.25) is 5.89 Å². The minimum atomic E-state index is 0.0198. The summed E-state index contributed by atoms with van der Waals surface area (Å²) < 4.78 is 7.16. The van der Waals surface area contributed by atoms with Crippen molar-refractivity contribution in [2.24, 2.45) is 12.8 Å². The molecule has 0 aliphatic rings. The summed E-state index contributed by atoms with van der Waals surface area (Å²) in [4.78, 5) is 0. The first-order valence-electron chi connectivity index (χ1n) is 5.81. The second-order valence-electron chi connectivity index (χ2n) is 4.14. The van der Waals surface area contributed by atoms with Crippen LogP contribution < -0.4 is 5.73 Å². The van der Waals surface area contributed by atoms with Crippen LogP contribution in [0.25, 0.3) is 0 Å². The molecule has 0 aliphatic heterocycles. The van der Waals surface area contributed by atoms with Gasteiger partial charge in [-0.2, -0.15) is 5.10 Å². The minimum Gasteiger partial charge on any atom is -0.416 e. The first kappa shape index (κ1) is 13.1. The molecule has 0 radical (unpaired) electrons. The number of aryl methyl sites for hydroxylation is 2. The summed E-state index contributed by atoms with van der Waals surface area (Å²) in [5, 5.41) is 12.6. The van der Waals surface area contributed by atoms with Crippen LogP contribution in [0, 0.1) is 6.92 Å². The van der Waals surface area contributed by atoms with E-state index < -0.39 is 0 Å². The molecule has 0 spiro atoms. The van der Waals surface area contributed by atoms with Crippen LogP contribution in [-0.4, -0.2) is 26.0 Å². The van der Waals surface area contributed by atoms with E-state index in [9.17, 15) is 0 Å². The van der Waals surface area contributed by atoms with Crippen LogP contribution in [0.2, 0.25) is 0 Å². The quantitative estimate of drug-likeness (QED) is 0.830. The number of hydrogen-bond acceptors (Lipinski definition) is 6. The Balaban J connectivity index is 2.20. The largest absolute Gasteiger partial charge is 0.416 e. The third-order valence-corrected chi connectivity index (χ3v) is 3.89. The lowest BCUT2D eigenvalue weighted by Gasteiger charge is -2.19. The molecule has 2 aromatic heterocycles. The molecule has 2 atom stereocenters. The van der Waals surface area contributed by atoms with Crippen LogP contribution in [0.3, 0.4) is 0 Å². The third-order valence-electron chi connectivity index (χ3n) is 2.65. The van der Waals surface area contributed by atoms with Crippen LogP contribution in [0.5, 0.6) is 0 Å². The summed E-state index contributed by atoms with van der Waals surface area (Å²) in [5.41, 5.74) is 7.24. The number of hydrogen-bond donors (Lipinski definition) is 1. The van der Waals surface area contributed by atoms with Crippen LogP contribution in [0.15, 0.2) is 22.0 Å². The molecular weight excluding hydrogens is 250 g/mol. The maximum Gasteiger partial charge on any atom is 0.277 e. The molecule has 0 aromatic carbocycles. The Labute approximate surface area is 110 Å². The SMILES string of the molecule is CCC(N)C(Sc1nnc(C)o1)c1cnn(C)c1. The van der Waals surface area contributed by atoms with Gasteiger partial charge in [-0.1, -0.05) is 18.7 Å². The average molecular weight is 267 g/mol. The lowest BCUT2D eigenvalue weighted by molar-refractivity contribution is 0.427. The molecule has 2 aromatic rings. The number of thioether (sulfide) groups is 1. The topological polar surface area (TPSA) is 82.8 Å². The molecule has 7 heteroatoms. The Hall–Kier alpha value is -1.34. The van der Waals surface area contributed by atoms with E-state index in [4.69, 9.17) is 10.2 Å². The van der Waals surface area contributed by atoms with Crippen LogP contribution >= 0.6 is 11.8 Å². The second kappa shape index (κ2) is 5.53. The van der Waals surface area contributed by atoms with Crippen molar-refractivity contribution in [3.05, 3.63) is 23.8 Å². The van der Waals surface area contributed by atoms with Gasteiger partial charge in [-0.05, 0) is 6.42 Å². The standard InChI is InChI=1S/C11H17N5OS/c1-4-9(12)10(8-5-13-16(3)6-8)18-11-15-14-7(2)17-11/h5-6,9-10H,4,12H2,1-3H3. The Morgan fingerprint density at radius 2 is 2.28 bits per heavy atom. The molecule has 0 saturated carbocycles. The highest BCUT2D eigenvalue weighted by molar-refractivity contribution is 7.99. The van der Waals surface area contributed by atoms with E-state index in [1.54, 1.807) is 11.6 Å². The second-order valence-corrected chi connectivity index (χ2v) is 5.24. The lowest BCUT2D eigenvalue weighted by atomic mass is 10.1. The summed E-state index contributed by atoms with van der Waals surface area (Å²) in [6.45, 7) is 3.84. The number of nitrogens with zero attached hydrogens (tertiary/aromatic N) is 4. The summed E-state index contributed by atoms with van der Waals surface area (Å²) >= 11 is 1.49. The number of rotatable bonds is 5. The smallest absolute Gasteiger partial charge is 0.277 e. The van der Waals surface area contributed by atoms with Crippen molar-refractivity contribution in [3.63, 3.8) is 0 Å². The fourth-order valence-corrected chi connectivity index (χ4v) is 2.74. The molecule has 2 N–H and O–H groups in total. The Morgan fingerprint density at radius 3 is 2.78 bits per heavy atom. The molecule has 0 aliphatic carbocycles. The van der Waals surface area contributed by atoms with Gasteiger partial charge in [0.1, 0.15) is 0 Å². The van der Waals surface area contributed by atoms with Crippen LogP contribution in [0.4, 0.5) is 0 Å². The van der Waals surface area contributed by atoms with Crippen molar-refractivity contribution in [1.29, 1.82) is 0 Å². The average Bonchev–Trinajstić information content (AvgIpc) is 2.94. The fourth-order valence-electron chi connectivity index (χ4n) is 1.64. The normalized spacial score (nSPS) is 14.7. The van der Waals surface area contributed by atoms with Crippen LogP contribution in [-0.2, 0) is 7.05 Å². The summed E-state index contributed by atoms with van der Waals surface area (Å²) in [7, 11) is 1.89. The molecule has 0 fully saturated rings. The minimum absolute atomic E-state index is 0.0198. The molecular formula is C11H17N5OS. The zero-order chi connectivity index (χ0) is 13.1. The van der Waals surface area contributed by atoms with Gasteiger partial charge < -0.3 is 10.2 Å². The third kappa shape index (κ3) is 2.91. The molecule has 2 heterocycles. The van der Waals surface area contributed by atoms with Gasteiger partial charge >= 0.3 is 0 Å². The van der Waals surface area contributed by atoms with E-state index in [0.717, 1.165) is 12.0 Å². The van der Waals surface area contributed by atoms with Gasteiger partial charge in [-0.3, -0.25) is 4.68 Å². The molecule has 6 nitrogen and oxygen atoms in total. The van der Waals surface area contributed by atoms with Crippen molar-refractivity contribution in [2.45, 2.75) is 36.8 Å². The van der Waals surface area contributed by atoms with Crippen molar-refractivity contribution >= 4 is 11.8 Å². The van der Waals surface area contributed by atoms with Gasteiger partial charge in [0, 0.05) is 31.8 Å².